The van der Waals surface area contributed by atoms with E-state index in [1.807, 2.05) is 0 Å². The molecule has 2 aromatic rings. The van der Waals surface area contributed by atoms with Gasteiger partial charge in [-0.15, -0.1) is 0 Å². The van der Waals surface area contributed by atoms with Crippen molar-refractivity contribution in [1.82, 2.24) is 0 Å². The maximum absolute atomic E-state index is 2.74. The van der Waals surface area contributed by atoms with Crippen LogP contribution >= 0.6 is 0 Å². The highest BCUT2D eigenvalue weighted by Crippen LogP contribution is 2.56. The van der Waals surface area contributed by atoms with E-state index >= 15 is 0 Å². The summed E-state index contributed by atoms with van der Waals surface area (Å²) in [5.41, 5.74) is 11.8. The van der Waals surface area contributed by atoms with Gasteiger partial charge in [-0.05, 0) is 89.0 Å². The lowest BCUT2D eigenvalue weighted by Gasteiger charge is -2.50. The Bertz CT molecular complexity index is 1140. The standard InChI is InChI=1S/C35H52N/c1-13-34(11)24-20-26-25(30(3,4)15-16-31(26,5)6)19-23(24)29-21-27-28(22-36(29)35(34,12)14-2)33(9,10)18-17-32(27,7)8/h19-22H,13-18H2,1-12H3/q+1. The molecule has 1 aromatic heterocycles. The van der Waals surface area contributed by atoms with E-state index in [0.717, 1.165) is 12.8 Å². The Morgan fingerprint density at radius 3 is 1.47 bits per heavy atom. The third-order valence-corrected chi connectivity index (χ3v) is 11.9. The van der Waals surface area contributed by atoms with Crippen molar-refractivity contribution in [3.05, 3.63) is 52.2 Å². The summed E-state index contributed by atoms with van der Waals surface area (Å²) in [7, 11) is 0. The summed E-state index contributed by atoms with van der Waals surface area (Å²) in [5.74, 6) is 0. The van der Waals surface area contributed by atoms with Crippen molar-refractivity contribution in [2.75, 3.05) is 0 Å². The first-order valence-corrected chi connectivity index (χ1v) is 14.8. The summed E-state index contributed by atoms with van der Waals surface area (Å²) in [6.07, 6.45) is 9.92. The van der Waals surface area contributed by atoms with Crippen LogP contribution in [0.5, 0.6) is 0 Å². The molecule has 2 aliphatic carbocycles. The van der Waals surface area contributed by atoms with Crippen LogP contribution in [0.25, 0.3) is 11.3 Å². The molecule has 196 valence electrons. The summed E-state index contributed by atoms with van der Waals surface area (Å²) in [5, 5.41) is 0. The highest BCUT2D eigenvalue weighted by molar-refractivity contribution is 5.70. The molecule has 0 amide bonds. The molecular formula is C35H52N+. The normalized spacial score (nSPS) is 30.6. The Hall–Kier alpha value is -1.63. The number of benzene rings is 1. The summed E-state index contributed by atoms with van der Waals surface area (Å²) in [6, 6.07) is 7.96. The molecule has 1 aromatic carbocycles. The van der Waals surface area contributed by atoms with Crippen molar-refractivity contribution in [3.8, 4) is 11.3 Å². The van der Waals surface area contributed by atoms with Crippen LogP contribution in [0, 0.1) is 0 Å². The van der Waals surface area contributed by atoms with Crippen molar-refractivity contribution in [2.24, 2.45) is 0 Å². The van der Waals surface area contributed by atoms with Gasteiger partial charge in [-0.3, -0.25) is 0 Å². The molecule has 2 atom stereocenters. The minimum atomic E-state index is 0.0271. The molecule has 1 aliphatic heterocycles. The molecule has 1 nitrogen and oxygen atoms in total. The molecular weight excluding hydrogens is 434 g/mol. The molecule has 3 aliphatic rings. The third kappa shape index (κ3) is 3.23. The maximum Gasteiger partial charge on any atom is 0.213 e. The number of nitrogens with zero attached hydrogens (tertiary/aromatic N) is 1. The first kappa shape index (κ1) is 26.0. The van der Waals surface area contributed by atoms with Gasteiger partial charge in [0.1, 0.15) is 0 Å². The predicted molar refractivity (Wildman–Crippen MR) is 154 cm³/mol. The lowest BCUT2D eigenvalue weighted by molar-refractivity contribution is -0.765. The van der Waals surface area contributed by atoms with Crippen LogP contribution in [0.15, 0.2) is 24.4 Å². The summed E-state index contributed by atoms with van der Waals surface area (Å²) in [4.78, 5) is 0. The van der Waals surface area contributed by atoms with Gasteiger partial charge in [0.15, 0.2) is 11.7 Å². The lowest BCUT2D eigenvalue weighted by Crippen LogP contribution is -2.68. The van der Waals surface area contributed by atoms with Crippen LogP contribution in [0.4, 0.5) is 0 Å². The van der Waals surface area contributed by atoms with Crippen molar-refractivity contribution >= 4 is 0 Å². The molecule has 0 N–H and O–H groups in total. The average molecular weight is 487 g/mol. The Balaban J connectivity index is 1.93. The highest BCUT2D eigenvalue weighted by Gasteiger charge is 2.58. The van der Waals surface area contributed by atoms with E-state index in [-0.39, 0.29) is 32.6 Å². The zero-order valence-corrected chi connectivity index (χ0v) is 25.5. The molecule has 5 rings (SSSR count). The quantitative estimate of drug-likeness (QED) is 0.373. The predicted octanol–water partition coefficient (Wildman–Crippen LogP) is 9.15. The summed E-state index contributed by atoms with van der Waals surface area (Å²) >= 11 is 0. The lowest BCUT2D eigenvalue weighted by atomic mass is 9.56. The smallest absolute Gasteiger partial charge is 0.192 e. The molecule has 1 heteroatoms. The van der Waals surface area contributed by atoms with E-state index in [0.29, 0.717) is 0 Å². The fraction of sp³-hybridized carbons (Fsp3) is 0.686. The van der Waals surface area contributed by atoms with Gasteiger partial charge in [0, 0.05) is 25.0 Å². The second-order valence-corrected chi connectivity index (χ2v) is 15.6. The number of hydrogen-bond donors (Lipinski definition) is 0. The van der Waals surface area contributed by atoms with E-state index in [9.17, 15) is 0 Å². The first-order valence-electron chi connectivity index (χ1n) is 14.8. The van der Waals surface area contributed by atoms with Gasteiger partial charge < -0.3 is 0 Å². The SMILES string of the molecule is CCC1(C)c2cc3c(cc2-c2cc4c(c[n+]2C1(C)CC)C(C)(C)CCC4(C)C)C(C)(C)CCC3(C)C. The second-order valence-electron chi connectivity index (χ2n) is 15.6. The summed E-state index contributed by atoms with van der Waals surface area (Å²) in [6.45, 7) is 29.7. The van der Waals surface area contributed by atoms with E-state index in [4.69, 9.17) is 0 Å². The number of fused-ring (bicyclic) bond motifs is 5. The van der Waals surface area contributed by atoms with E-state index in [2.05, 4.69) is 112 Å². The Labute approximate surface area is 222 Å². The molecule has 2 unspecified atom stereocenters. The Kier molecular flexibility index (Phi) is 5.40. The summed E-state index contributed by atoms with van der Waals surface area (Å²) < 4.78 is 2.74. The minimum Gasteiger partial charge on any atom is -0.192 e. The molecule has 0 radical (unpaired) electrons. The number of aromatic nitrogens is 1. The van der Waals surface area contributed by atoms with Gasteiger partial charge in [-0.25, -0.2) is 0 Å². The monoisotopic (exact) mass is 486 g/mol. The van der Waals surface area contributed by atoms with Gasteiger partial charge in [-0.2, -0.15) is 4.57 Å². The van der Waals surface area contributed by atoms with Crippen LogP contribution in [0.3, 0.4) is 0 Å². The van der Waals surface area contributed by atoms with E-state index < -0.39 is 0 Å². The fourth-order valence-electron chi connectivity index (χ4n) is 8.13. The zero-order valence-electron chi connectivity index (χ0n) is 25.5. The average Bonchev–Trinajstić information content (AvgIpc) is 2.82. The van der Waals surface area contributed by atoms with Gasteiger partial charge >= 0.3 is 0 Å². The van der Waals surface area contributed by atoms with Crippen LogP contribution < -0.4 is 4.57 Å². The molecule has 0 bridgehead atoms. The van der Waals surface area contributed by atoms with Crippen LogP contribution in [-0.2, 0) is 32.6 Å². The Morgan fingerprint density at radius 1 is 0.556 bits per heavy atom. The van der Waals surface area contributed by atoms with Crippen LogP contribution in [-0.4, -0.2) is 0 Å². The number of hydrogen-bond acceptors (Lipinski definition) is 0. The van der Waals surface area contributed by atoms with Gasteiger partial charge in [0.05, 0.1) is 11.0 Å². The molecule has 0 spiro atoms. The van der Waals surface area contributed by atoms with Gasteiger partial charge in [0.2, 0.25) is 5.69 Å². The molecule has 0 saturated heterocycles. The van der Waals surface area contributed by atoms with E-state index in [1.165, 1.54) is 36.9 Å². The topological polar surface area (TPSA) is 3.88 Å². The molecule has 0 saturated carbocycles. The number of pyridine rings is 1. The number of rotatable bonds is 2. The minimum absolute atomic E-state index is 0.0271. The van der Waals surface area contributed by atoms with E-state index in [1.54, 1.807) is 27.8 Å². The van der Waals surface area contributed by atoms with Crippen molar-refractivity contribution in [2.45, 2.75) is 154 Å². The van der Waals surface area contributed by atoms with Gasteiger partial charge in [0.25, 0.3) is 0 Å². The second kappa shape index (κ2) is 7.48. The maximum atomic E-state index is 2.74. The highest BCUT2D eigenvalue weighted by atomic mass is 15.1. The molecule has 2 heterocycles. The van der Waals surface area contributed by atoms with Crippen molar-refractivity contribution in [1.29, 1.82) is 0 Å². The third-order valence-electron chi connectivity index (χ3n) is 11.9. The van der Waals surface area contributed by atoms with Crippen LogP contribution in [0.1, 0.15) is 149 Å². The van der Waals surface area contributed by atoms with Crippen molar-refractivity contribution in [3.63, 3.8) is 0 Å². The first-order chi connectivity index (χ1) is 16.5. The van der Waals surface area contributed by atoms with Gasteiger partial charge in [-0.1, -0.05) is 75.3 Å². The fourth-order valence-corrected chi connectivity index (χ4v) is 8.13. The van der Waals surface area contributed by atoms with Crippen LogP contribution in [0.2, 0.25) is 0 Å². The zero-order chi connectivity index (χ0) is 26.7. The molecule has 0 fully saturated rings. The Morgan fingerprint density at radius 2 is 1.00 bits per heavy atom. The van der Waals surface area contributed by atoms with Crippen molar-refractivity contribution < 1.29 is 4.57 Å². The largest absolute Gasteiger partial charge is 0.213 e. The molecule has 36 heavy (non-hydrogen) atoms.